The molecule has 2 N–H and O–H groups in total. The van der Waals surface area contributed by atoms with Crippen LogP contribution < -0.4 is 10.6 Å². The van der Waals surface area contributed by atoms with Crippen LogP contribution in [0.3, 0.4) is 0 Å². The van der Waals surface area contributed by atoms with Crippen molar-refractivity contribution in [3.63, 3.8) is 0 Å². The lowest BCUT2D eigenvalue weighted by Gasteiger charge is -2.09. The smallest absolute Gasteiger partial charge is 0.253 e. The predicted molar refractivity (Wildman–Crippen MR) is 89.3 cm³/mol. The minimum absolute atomic E-state index is 0.224. The fourth-order valence-electron chi connectivity index (χ4n) is 2.23. The Morgan fingerprint density at radius 3 is 2.54 bits per heavy atom. The van der Waals surface area contributed by atoms with Crippen LogP contribution >= 0.6 is 23.2 Å². The molecule has 2 atom stereocenters. The third-order valence-electron chi connectivity index (χ3n) is 3.69. The molecule has 1 amide bonds. The second kappa shape index (κ2) is 6.91. The van der Waals surface area contributed by atoms with E-state index in [1.54, 1.807) is 24.3 Å². The van der Waals surface area contributed by atoms with Crippen molar-refractivity contribution in [2.75, 3.05) is 5.32 Å². The Labute approximate surface area is 147 Å². The highest BCUT2D eigenvalue weighted by Crippen LogP contribution is 2.36. The van der Waals surface area contributed by atoms with Crippen LogP contribution in [0.15, 0.2) is 36.5 Å². The average molecular weight is 372 g/mol. The Balaban J connectivity index is 1.66. The highest BCUT2D eigenvalue weighted by molar-refractivity contribution is 6.33. The SMILES string of the molecule is O=C(N[C@H]1C[C@@H]1C(F)F)c1cnc(Nc2ccc(Cl)cc2)c(Cl)c1. The number of hydrogen-bond acceptors (Lipinski definition) is 3. The van der Waals surface area contributed by atoms with Crippen LogP contribution in [0.2, 0.25) is 10.0 Å². The lowest BCUT2D eigenvalue weighted by atomic mass is 10.2. The van der Waals surface area contributed by atoms with Crippen molar-refractivity contribution >= 4 is 40.6 Å². The molecular weight excluding hydrogens is 359 g/mol. The maximum Gasteiger partial charge on any atom is 0.253 e. The second-order valence-electron chi connectivity index (χ2n) is 5.50. The maximum absolute atomic E-state index is 12.5. The highest BCUT2D eigenvalue weighted by atomic mass is 35.5. The summed E-state index contributed by atoms with van der Waals surface area (Å²) in [5, 5.41) is 6.41. The van der Waals surface area contributed by atoms with Gasteiger partial charge in [-0.25, -0.2) is 13.8 Å². The quantitative estimate of drug-likeness (QED) is 0.812. The summed E-state index contributed by atoms with van der Waals surface area (Å²) in [4.78, 5) is 16.1. The van der Waals surface area contributed by atoms with Gasteiger partial charge in [-0.1, -0.05) is 23.2 Å². The van der Waals surface area contributed by atoms with Gasteiger partial charge in [0, 0.05) is 28.9 Å². The van der Waals surface area contributed by atoms with Gasteiger partial charge in [0.25, 0.3) is 5.91 Å². The lowest BCUT2D eigenvalue weighted by molar-refractivity contribution is 0.0926. The molecule has 1 saturated carbocycles. The number of carbonyl (C=O) groups is 1. The number of anilines is 2. The van der Waals surface area contributed by atoms with Crippen molar-refractivity contribution in [2.45, 2.75) is 18.9 Å². The summed E-state index contributed by atoms with van der Waals surface area (Å²) in [7, 11) is 0. The van der Waals surface area contributed by atoms with Gasteiger partial charge in [0.1, 0.15) is 5.82 Å². The van der Waals surface area contributed by atoms with Gasteiger partial charge in [0.2, 0.25) is 6.43 Å². The van der Waals surface area contributed by atoms with Gasteiger partial charge in [0.05, 0.1) is 10.6 Å². The van der Waals surface area contributed by atoms with E-state index in [1.165, 1.54) is 12.3 Å². The van der Waals surface area contributed by atoms with Crippen molar-refractivity contribution in [1.82, 2.24) is 10.3 Å². The van der Waals surface area contributed by atoms with Gasteiger partial charge >= 0.3 is 0 Å². The number of alkyl halides is 2. The number of aromatic nitrogens is 1. The molecule has 1 aromatic carbocycles. The minimum Gasteiger partial charge on any atom is -0.349 e. The lowest BCUT2D eigenvalue weighted by Crippen LogP contribution is -2.28. The molecule has 0 radical (unpaired) electrons. The molecule has 8 heteroatoms. The highest BCUT2D eigenvalue weighted by Gasteiger charge is 2.45. The third-order valence-corrected chi connectivity index (χ3v) is 4.23. The molecular formula is C16H13Cl2F2N3O. The van der Waals surface area contributed by atoms with Crippen molar-refractivity contribution in [1.29, 1.82) is 0 Å². The summed E-state index contributed by atoms with van der Waals surface area (Å²) >= 11 is 12.0. The van der Waals surface area contributed by atoms with E-state index in [4.69, 9.17) is 23.2 Å². The van der Waals surface area contributed by atoms with Gasteiger partial charge in [-0.3, -0.25) is 4.79 Å². The fourth-order valence-corrected chi connectivity index (χ4v) is 2.57. The Morgan fingerprint density at radius 2 is 1.96 bits per heavy atom. The number of amides is 1. The van der Waals surface area contributed by atoms with E-state index < -0.39 is 24.3 Å². The number of hydrogen-bond donors (Lipinski definition) is 2. The zero-order valence-corrected chi connectivity index (χ0v) is 13.8. The zero-order chi connectivity index (χ0) is 17.3. The number of carbonyl (C=O) groups excluding carboxylic acids is 1. The summed E-state index contributed by atoms with van der Waals surface area (Å²) < 4.78 is 24.9. The third kappa shape index (κ3) is 3.94. The van der Waals surface area contributed by atoms with Gasteiger partial charge in [-0.2, -0.15) is 0 Å². The van der Waals surface area contributed by atoms with Gasteiger partial charge in [-0.05, 0) is 36.8 Å². The molecule has 0 unspecified atom stereocenters. The van der Waals surface area contributed by atoms with E-state index in [-0.39, 0.29) is 10.6 Å². The summed E-state index contributed by atoms with van der Waals surface area (Å²) in [5.41, 5.74) is 0.963. The molecule has 0 bridgehead atoms. The van der Waals surface area contributed by atoms with E-state index in [0.29, 0.717) is 17.3 Å². The number of rotatable bonds is 5. The molecule has 1 aliphatic carbocycles. The van der Waals surface area contributed by atoms with E-state index in [9.17, 15) is 13.6 Å². The number of pyridine rings is 1. The standard InChI is InChI=1S/C16H13Cl2F2N3O/c17-9-1-3-10(4-2-9)22-15-12(18)5-8(7-21-15)16(24)23-13-6-11(13)14(19)20/h1-5,7,11,13-14H,6H2,(H,21,22)(H,23,24)/t11-,13-/m0/s1. The Kier molecular flexibility index (Phi) is 4.87. The molecule has 0 saturated heterocycles. The van der Waals surface area contributed by atoms with Crippen molar-refractivity contribution in [3.05, 3.63) is 52.1 Å². The minimum atomic E-state index is -2.41. The van der Waals surface area contributed by atoms with Crippen LogP contribution in [0.5, 0.6) is 0 Å². The monoisotopic (exact) mass is 371 g/mol. The first kappa shape index (κ1) is 16.9. The molecule has 0 aliphatic heterocycles. The van der Waals surface area contributed by atoms with Crippen LogP contribution in [-0.2, 0) is 0 Å². The molecule has 126 valence electrons. The summed E-state index contributed by atoms with van der Waals surface area (Å²) in [6, 6.07) is 7.92. The van der Waals surface area contributed by atoms with Gasteiger partial charge in [0.15, 0.2) is 0 Å². The Hall–Kier alpha value is -1.92. The van der Waals surface area contributed by atoms with Crippen LogP contribution in [0.25, 0.3) is 0 Å². The van der Waals surface area contributed by atoms with Crippen molar-refractivity contribution < 1.29 is 13.6 Å². The van der Waals surface area contributed by atoms with Gasteiger partial charge in [-0.15, -0.1) is 0 Å². The number of nitrogens with one attached hydrogen (secondary N) is 2. The second-order valence-corrected chi connectivity index (χ2v) is 6.34. The zero-order valence-electron chi connectivity index (χ0n) is 12.3. The van der Waals surface area contributed by atoms with Crippen molar-refractivity contribution in [3.8, 4) is 0 Å². The van der Waals surface area contributed by atoms with E-state index >= 15 is 0 Å². The average Bonchev–Trinajstić information content (AvgIpc) is 3.31. The van der Waals surface area contributed by atoms with Gasteiger partial charge < -0.3 is 10.6 Å². The Morgan fingerprint density at radius 1 is 1.25 bits per heavy atom. The molecule has 1 aliphatic rings. The van der Waals surface area contributed by atoms with Crippen LogP contribution in [0.1, 0.15) is 16.8 Å². The molecule has 1 fully saturated rings. The molecule has 0 spiro atoms. The normalized spacial score (nSPS) is 19.2. The molecule has 1 heterocycles. The predicted octanol–water partition coefficient (Wildman–Crippen LogP) is 4.52. The molecule has 2 aromatic rings. The van der Waals surface area contributed by atoms with Crippen LogP contribution in [0.4, 0.5) is 20.3 Å². The molecule has 24 heavy (non-hydrogen) atoms. The summed E-state index contributed by atoms with van der Waals surface area (Å²) in [6.07, 6.45) is -0.775. The molecule has 3 rings (SSSR count). The maximum atomic E-state index is 12.5. The topological polar surface area (TPSA) is 54.0 Å². The number of nitrogens with zero attached hydrogens (tertiary/aromatic N) is 1. The van der Waals surface area contributed by atoms with E-state index in [2.05, 4.69) is 15.6 Å². The van der Waals surface area contributed by atoms with Crippen molar-refractivity contribution in [2.24, 2.45) is 5.92 Å². The largest absolute Gasteiger partial charge is 0.349 e. The molecule has 4 nitrogen and oxygen atoms in total. The fraction of sp³-hybridized carbons (Fsp3) is 0.250. The summed E-state index contributed by atoms with van der Waals surface area (Å²) in [6.45, 7) is 0. The number of halogens is 4. The summed E-state index contributed by atoms with van der Waals surface area (Å²) in [5.74, 6) is -0.841. The number of benzene rings is 1. The Bertz CT molecular complexity index is 755. The first-order valence-electron chi connectivity index (χ1n) is 7.21. The van der Waals surface area contributed by atoms with E-state index in [1.807, 2.05) is 0 Å². The van der Waals surface area contributed by atoms with E-state index in [0.717, 1.165) is 5.69 Å². The van der Waals surface area contributed by atoms with Crippen LogP contribution in [0, 0.1) is 5.92 Å². The molecule has 1 aromatic heterocycles. The first-order chi connectivity index (χ1) is 11.4. The van der Waals surface area contributed by atoms with Crippen LogP contribution in [-0.4, -0.2) is 23.4 Å². The first-order valence-corrected chi connectivity index (χ1v) is 7.97.